The molecule has 0 aromatic carbocycles. The molecule has 4 nitrogen and oxygen atoms in total. The molecule has 106 valence electrons. The van der Waals surface area contributed by atoms with Gasteiger partial charge in [-0.1, -0.05) is 20.8 Å². The van der Waals surface area contributed by atoms with Crippen molar-refractivity contribution in [1.29, 1.82) is 0 Å². The predicted octanol–water partition coefficient (Wildman–Crippen LogP) is 2.88. The minimum absolute atomic E-state index is 0.0514. The Morgan fingerprint density at radius 3 is 2.79 bits per heavy atom. The summed E-state index contributed by atoms with van der Waals surface area (Å²) in [7, 11) is 0. The lowest BCUT2D eigenvalue weighted by Gasteiger charge is -2.30. The first-order chi connectivity index (χ1) is 8.73. The van der Waals surface area contributed by atoms with E-state index in [2.05, 4.69) is 31.1 Å². The minimum Gasteiger partial charge on any atom is -0.480 e. The maximum absolute atomic E-state index is 11.4. The fourth-order valence-corrected chi connectivity index (χ4v) is 3.44. The smallest absolute Gasteiger partial charge is 0.323 e. The summed E-state index contributed by atoms with van der Waals surface area (Å²) in [5.74, 6) is -0.724. The van der Waals surface area contributed by atoms with Crippen LogP contribution in [0.5, 0.6) is 0 Å². The first-order valence-corrected chi connectivity index (χ1v) is 7.55. The number of carbonyl (C=O) groups is 1. The van der Waals surface area contributed by atoms with Gasteiger partial charge in [-0.2, -0.15) is 0 Å². The van der Waals surface area contributed by atoms with Crippen molar-refractivity contribution in [3.05, 3.63) is 16.1 Å². The van der Waals surface area contributed by atoms with Gasteiger partial charge in [0, 0.05) is 10.8 Å². The van der Waals surface area contributed by atoms with Crippen molar-refractivity contribution in [3.8, 4) is 0 Å². The molecule has 1 unspecified atom stereocenters. The lowest BCUT2D eigenvalue weighted by Crippen LogP contribution is -2.47. The monoisotopic (exact) mass is 282 g/mol. The van der Waals surface area contributed by atoms with Crippen LogP contribution < -0.4 is 0 Å². The van der Waals surface area contributed by atoms with Crippen LogP contribution in [0.25, 0.3) is 0 Å². The molecule has 19 heavy (non-hydrogen) atoms. The lowest BCUT2D eigenvalue weighted by molar-refractivity contribution is -0.148. The Kier molecular flexibility index (Phi) is 3.71. The van der Waals surface area contributed by atoms with Crippen LogP contribution in [0.3, 0.4) is 0 Å². The van der Waals surface area contributed by atoms with Crippen LogP contribution in [-0.2, 0) is 16.8 Å². The number of carboxylic acid groups (broad SMARTS) is 1. The highest BCUT2D eigenvalue weighted by Crippen LogP contribution is 2.32. The third-order valence-electron chi connectivity index (χ3n) is 3.90. The molecule has 1 atom stereocenters. The van der Waals surface area contributed by atoms with E-state index in [1.54, 1.807) is 11.3 Å². The van der Waals surface area contributed by atoms with Crippen molar-refractivity contribution < 1.29 is 9.90 Å². The van der Waals surface area contributed by atoms with Crippen molar-refractivity contribution in [2.24, 2.45) is 0 Å². The highest BCUT2D eigenvalue weighted by Gasteiger charge is 2.43. The van der Waals surface area contributed by atoms with Gasteiger partial charge in [0.25, 0.3) is 0 Å². The normalized spacial score (nSPS) is 24.8. The molecule has 0 aliphatic carbocycles. The molecule has 2 rings (SSSR count). The summed E-state index contributed by atoms with van der Waals surface area (Å²) in [6.07, 6.45) is 1.67. The molecule has 1 saturated heterocycles. The van der Waals surface area contributed by atoms with Gasteiger partial charge in [-0.15, -0.1) is 11.3 Å². The summed E-state index contributed by atoms with van der Waals surface area (Å²) >= 11 is 1.63. The summed E-state index contributed by atoms with van der Waals surface area (Å²) in [4.78, 5) is 18.1. The minimum atomic E-state index is -0.729. The van der Waals surface area contributed by atoms with Crippen LogP contribution in [0.4, 0.5) is 0 Å². The molecule has 1 aliphatic heterocycles. The van der Waals surface area contributed by atoms with Gasteiger partial charge >= 0.3 is 5.97 Å². The van der Waals surface area contributed by atoms with Gasteiger partial charge in [0.2, 0.25) is 0 Å². The molecule has 1 aliphatic rings. The third kappa shape index (κ3) is 2.82. The van der Waals surface area contributed by atoms with E-state index in [0.29, 0.717) is 6.54 Å². The molecule has 0 radical (unpaired) electrons. The second-order valence-corrected chi connectivity index (χ2v) is 7.42. The number of nitrogens with zero attached hydrogens (tertiary/aromatic N) is 2. The van der Waals surface area contributed by atoms with Crippen LogP contribution >= 0.6 is 11.3 Å². The van der Waals surface area contributed by atoms with Crippen molar-refractivity contribution in [1.82, 2.24) is 9.88 Å². The average molecular weight is 282 g/mol. The molecule has 1 aromatic heterocycles. The number of aliphatic carboxylic acids is 1. The zero-order chi connectivity index (χ0) is 14.3. The molecule has 5 heteroatoms. The molecular weight excluding hydrogens is 260 g/mol. The van der Waals surface area contributed by atoms with Crippen molar-refractivity contribution in [3.63, 3.8) is 0 Å². The predicted molar refractivity (Wildman–Crippen MR) is 76.5 cm³/mol. The summed E-state index contributed by atoms with van der Waals surface area (Å²) in [6.45, 7) is 9.73. The fourth-order valence-electron chi connectivity index (χ4n) is 2.41. The Hall–Kier alpha value is -0.940. The van der Waals surface area contributed by atoms with Crippen molar-refractivity contribution >= 4 is 17.3 Å². The number of carboxylic acids is 1. The second kappa shape index (κ2) is 4.87. The molecule has 2 heterocycles. The van der Waals surface area contributed by atoms with Gasteiger partial charge < -0.3 is 5.11 Å². The molecule has 1 N–H and O–H groups in total. The van der Waals surface area contributed by atoms with E-state index in [0.717, 1.165) is 30.1 Å². The maximum Gasteiger partial charge on any atom is 0.323 e. The topological polar surface area (TPSA) is 53.4 Å². The van der Waals surface area contributed by atoms with Crippen LogP contribution in [0, 0.1) is 0 Å². The fraction of sp³-hybridized carbons (Fsp3) is 0.714. The Balaban J connectivity index is 2.13. The summed E-state index contributed by atoms with van der Waals surface area (Å²) in [5, 5.41) is 12.5. The van der Waals surface area contributed by atoms with E-state index in [1.165, 1.54) is 0 Å². The second-order valence-electron chi connectivity index (χ2n) is 6.48. The molecular formula is C14H22N2O2S. The van der Waals surface area contributed by atoms with Crippen LogP contribution in [0.15, 0.2) is 5.38 Å². The Labute approximate surface area is 118 Å². The molecule has 0 spiro atoms. The zero-order valence-corrected chi connectivity index (χ0v) is 12.9. The number of likely N-dealkylation sites (tertiary alicyclic amines) is 1. The molecule has 1 aromatic rings. The van der Waals surface area contributed by atoms with E-state index in [4.69, 9.17) is 0 Å². The molecule has 0 saturated carbocycles. The summed E-state index contributed by atoms with van der Waals surface area (Å²) in [6, 6.07) is 0. The maximum atomic E-state index is 11.4. The van der Waals surface area contributed by atoms with Crippen molar-refractivity contribution in [2.75, 3.05) is 6.54 Å². The van der Waals surface area contributed by atoms with Gasteiger partial charge in [-0.05, 0) is 26.3 Å². The van der Waals surface area contributed by atoms with E-state index in [9.17, 15) is 9.90 Å². The standard InChI is InChI=1S/C14H22N2O2S/c1-13(2,3)10-9-19-11(15-10)8-16-7-5-6-14(16,4)12(17)18/h9H,5-8H2,1-4H3,(H,17,18). The number of thiazole rings is 1. The Morgan fingerprint density at radius 1 is 1.58 bits per heavy atom. The third-order valence-corrected chi connectivity index (χ3v) is 4.73. The largest absolute Gasteiger partial charge is 0.480 e. The first-order valence-electron chi connectivity index (χ1n) is 6.67. The SMILES string of the molecule is CC(C)(C)c1csc(CN2CCCC2(C)C(=O)O)n1. The van der Waals surface area contributed by atoms with E-state index in [-0.39, 0.29) is 5.41 Å². The van der Waals surface area contributed by atoms with Gasteiger partial charge in [0.1, 0.15) is 10.5 Å². The summed E-state index contributed by atoms with van der Waals surface area (Å²) in [5.41, 5.74) is 0.410. The lowest BCUT2D eigenvalue weighted by atomic mass is 9.93. The highest BCUT2D eigenvalue weighted by molar-refractivity contribution is 7.09. The van der Waals surface area contributed by atoms with Crippen LogP contribution in [-0.4, -0.2) is 33.0 Å². The van der Waals surface area contributed by atoms with E-state index >= 15 is 0 Å². The molecule has 1 fully saturated rings. The van der Waals surface area contributed by atoms with Gasteiger partial charge in [0.15, 0.2) is 0 Å². The summed E-state index contributed by atoms with van der Waals surface area (Å²) < 4.78 is 0. The average Bonchev–Trinajstić information content (AvgIpc) is 2.87. The number of rotatable bonds is 3. The number of hydrogen-bond donors (Lipinski definition) is 1. The first kappa shape index (κ1) is 14.5. The van der Waals surface area contributed by atoms with Crippen LogP contribution in [0.2, 0.25) is 0 Å². The quantitative estimate of drug-likeness (QED) is 0.926. The van der Waals surface area contributed by atoms with E-state index in [1.807, 2.05) is 11.8 Å². The van der Waals surface area contributed by atoms with E-state index < -0.39 is 11.5 Å². The van der Waals surface area contributed by atoms with Crippen molar-refractivity contribution in [2.45, 2.75) is 58.0 Å². The number of aromatic nitrogens is 1. The Morgan fingerprint density at radius 2 is 2.26 bits per heavy atom. The molecule has 0 bridgehead atoms. The van der Waals surface area contributed by atoms with Gasteiger partial charge in [-0.25, -0.2) is 4.98 Å². The van der Waals surface area contributed by atoms with Gasteiger partial charge in [0.05, 0.1) is 12.2 Å². The number of hydrogen-bond acceptors (Lipinski definition) is 4. The van der Waals surface area contributed by atoms with Crippen LogP contribution in [0.1, 0.15) is 51.2 Å². The Bertz CT molecular complexity index is 478. The highest BCUT2D eigenvalue weighted by atomic mass is 32.1. The van der Waals surface area contributed by atoms with Gasteiger partial charge in [-0.3, -0.25) is 9.69 Å². The molecule has 0 amide bonds. The zero-order valence-electron chi connectivity index (χ0n) is 12.1.